The molecule has 5 heteroatoms. The minimum atomic E-state index is -0.0919. The fourth-order valence-electron chi connectivity index (χ4n) is 1.50. The monoisotopic (exact) mass is 312 g/mol. The van der Waals surface area contributed by atoms with Crippen molar-refractivity contribution in [3.63, 3.8) is 0 Å². The van der Waals surface area contributed by atoms with Crippen molar-refractivity contribution < 1.29 is 9.59 Å². The summed E-state index contributed by atoms with van der Waals surface area (Å²) in [6.45, 7) is 2.37. The van der Waals surface area contributed by atoms with Gasteiger partial charge in [-0.05, 0) is 40.5 Å². The molecule has 0 saturated carbocycles. The van der Waals surface area contributed by atoms with Gasteiger partial charge in [0.2, 0.25) is 5.91 Å². The Labute approximate surface area is 115 Å². The highest BCUT2D eigenvalue weighted by Gasteiger charge is 2.15. The number of nitrogens with one attached hydrogen (secondary N) is 1. The van der Waals surface area contributed by atoms with Crippen LogP contribution in [0.3, 0.4) is 0 Å². The van der Waals surface area contributed by atoms with Crippen LogP contribution in [0, 0.1) is 6.92 Å². The minimum Gasteiger partial charge on any atom is -0.359 e. The number of benzene rings is 1. The number of carbonyl (C=O) groups is 2. The molecule has 0 aliphatic carbocycles. The van der Waals surface area contributed by atoms with Gasteiger partial charge in [-0.3, -0.25) is 9.59 Å². The first-order valence-corrected chi connectivity index (χ1v) is 6.47. The average molecular weight is 313 g/mol. The van der Waals surface area contributed by atoms with Crippen molar-refractivity contribution in [1.29, 1.82) is 0 Å². The third-order valence-corrected chi connectivity index (χ3v) is 3.31. The smallest absolute Gasteiger partial charge is 0.254 e. The van der Waals surface area contributed by atoms with Gasteiger partial charge in [0.05, 0.1) is 5.56 Å². The fraction of sp³-hybridized carbons (Fsp3) is 0.385. The SMILES string of the molecule is CNC(=O)CCN(C)C(=O)c1ccc(C)cc1Br. The van der Waals surface area contributed by atoms with E-state index in [4.69, 9.17) is 0 Å². The zero-order chi connectivity index (χ0) is 13.7. The van der Waals surface area contributed by atoms with Crippen molar-refractivity contribution in [3.8, 4) is 0 Å². The number of carbonyl (C=O) groups excluding carboxylic acids is 2. The standard InChI is InChI=1S/C13H17BrN2O2/c1-9-4-5-10(11(14)8-9)13(18)16(3)7-6-12(17)15-2/h4-5,8H,6-7H2,1-3H3,(H,15,17). The van der Waals surface area contributed by atoms with Crippen LogP contribution in [-0.4, -0.2) is 37.4 Å². The summed E-state index contributed by atoms with van der Waals surface area (Å²) in [5.74, 6) is -0.164. The zero-order valence-electron chi connectivity index (χ0n) is 10.8. The maximum atomic E-state index is 12.1. The van der Waals surface area contributed by atoms with Crippen molar-refractivity contribution in [2.24, 2.45) is 0 Å². The molecule has 0 radical (unpaired) electrons. The molecular formula is C13H17BrN2O2. The molecule has 1 rings (SSSR count). The van der Waals surface area contributed by atoms with Crippen molar-refractivity contribution in [1.82, 2.24) is 10.2 Å². The summed E-state index contributed by atoms with van der Waals surface area (Å²) < 4.78 is 0.777. The van der Waals surface area contributed by atoms with Crippen LogP contribution in [0.15, 0.2) is 22.7 Å². The Morgan fingerprint density at radius 3 is 2.61 bits per heavy atom. The number of rotatable bonds is 4. The lowest BCUT2D eigenvalue weighted by Crippen LogP contribution is -2.31. The lowest BCUT2D eigenvalue weighted by Gasteiger charge is -2.17. The van der Waals surface area contributed by atoms with E-state index in [-0.39, 0.29) is 11.8 Å². The van der Waals surface area contributed by atoms with Gasteiger partial charge in [-0.25, -0.2) is 0 Å². The van der Waals surface area contributed by atoms with Gasteiger partial charge in [0.15, 0.2) is 0 Å². The van der Waals surface area contributed by atoms with E-state index in [0.717, 1.165) is 10.0 Å². The Hall–Kier alpha value is -1.36. The van der Waals surface area contributed by atoms with E-state index in [1.807, 2.05) is 19.1 Å². The molecule has 0 fully saturated rings. The van der Waals surface area contributed by atoms with E-state index in [9.17, 15) is 9.59 Å². The summed E-state index contributed by atoms with van der Waals surface area (Å²) in [7, 11) is 3.28. The predicted molar refractivity (Wildman–Crippen MR) is 74.5 cm³/mol. The Bertz CT molecular complexity index is 460. The molecular weight excluding hydrogens is 296 g/mol. The normalized spacial score (nSPS) is 10.0. The quantitative estimate of drug-likeness (QED) is 0.924. The van der Waals surface area contributed by atoms with E-state index >= 15 is 0 Å². The molecule has 1 aromatic carbocycles. The largest absolute Gasteiger partial charge is 0.359 e. The molecule has 98 valence electrons. The summed E-state index contributed by atoms with van der Waals surface area (Å²) in [5.41, 5.74) is 1.70. The highest BCUT2D eigenvalue weighted by molar-refractivity contribution is 9.10. The maximum absolute atomic E-state index is 12.1. The minimum absolute atomic E-state index is 0.0716. The fourth-order valence-corrected chi connectivity index (χ4v) is 2.16. The summed E-state index contributed by atoms with van der Waals surface area (Å²) in [6, 6.07) is 5.59. The molecule has 0 aromatic heterocycles. The van der Waals surface area contributed by atoms with E-state index in [0.29, 0.717) is 18.5 Å². The van der Waals surface area contributed by atoms with Gasteiger partial charge in [0, 0.05) is 31.5 Å². The first-order valence-electron chi connectivity index (χ1n) is 5.68. The maximum Gasteiger partial charge on any atom is 0.254 e. The molecule has 0 saturated heterocycles. The molecule has 0 aliphatic heterocycles. The Morgan fingerprint density at radius 2 is 2.06 bits per heavy atom. The van der Waals surface area contributed by atoms with Gasteiger partial charge < -0.3 is 10.2 Å². The molecule has 0 atom stereocenters. The van der Waals surface area contributed by atoms with Crippen molar-refractivity contribution in [2.45, 2.75) is 13.3 Å². The van der Waals surface area contributed by atoms with Crippen molar-refractivity contribution >= 4 is 27.7 Å². The van der Waals surface area contributed by atoms with Gasteiger partial charge in [-0.2, -0.15) is 0 Å². The van der Waals surface area contributed by atoms with Crippen LogP contribution in [0.1, 0.15) is 22.3 Å². The summed E-state index contributed by atoms with van der Waals surface area (Å²) >= 11 is 3.38. The highest BCUT2D eigenvalue weighted by Crippen LogP contribution is 2.19. The molecule has 2 amide bonds. The Morgan fingerprint density at radius 1 is 1.39 bits per heavy atom. The van der Waals surface area contributed by atoms with Crippen LogP contribution in [0.25, 0.3) is 0 Å². The first-order chi connectivity index (χ1) is 8.45. The highest BCUT2D eigenvalue weighted by atomic mass is 79.9. The summed E-state index contributed by atoms with van der Waals surface area (Å²) in [4.78, 5) is 24.8. The van der Waals surface area contributed by atoms with E-state index in [1.165, 1.54) is 0 Å². The Balaban J connectivity index is 2.71. The predicted octanol–water partition coefficient (Wildman–Crippen LogP) is 1.97. The Kier molecular flexibility index (Phi) is 5.34. The number of aryl methyl sites for hydroxylation is 1. The van der Waals surface area contributed by atoms with E-state index in [1.54, 1.807) is 25.1 Å². The van der Waals surface area contributed by atoms with E-state index in [2.05, 4.69) is 21.2 Å². The van der Waals surface area contributed by atoms with Crippen LogP contribution in [-0.2, 0) is 4.79 Å². The average Bonchev–Trinajstić information content (AvgIpc) is 2.34. The van der Waals surface area contributed by atoms with Crippen LogP contribution in [0.4, 0.5) is 0 Å². The van der Waals surface area contributed by atoms with Crippen molar-refractivity contribution in [3.05, 3.63) is 33.8 Å². The van der Waals surface area contributed by atoms with Gasteiger partial charge in [-0.1, -0.05) is 6.07 Å². The van der Waals surface area contributed by atoms with Crippen LogP contribution in [0.2, 0.25) is 0 Å². The number of nitrogens with zero attached hydrogens (tertiary/aromatic N) is 1. The van der Waals surface area contributed by atoms with E-state index < -0.39 is 0 Å². The third kappa shape index (κ3) is 3.84. The lowest BCUT2D eigenvalue weighted by atomic mass is 10.1. The molecule has 0 unspecified atom stereocenters. The number of amides is 2. The van der Waals surface area contributed by atoms with Gasteiger partial charge >= 0.3 is 0 Å². The summed E-state index contributed by atoms with van der Waals surface area (Å²) in [6.07, 6.45) is 0.308. The second-order valence-corrected chi connectivity index (χ2v) is 4.99. The topological polar surface area (TPSA) is 49.4 Å². The van der Waals surface area contributed by atoms with Crippen LogP contribution >= 0.6 is 15.9 Å². The second kappa shape index (κ2) is 6.54. The lowest BCUT2D eigenvalue weighted by molar-refractivity contribution is -0.120. The summed E-state index contributed by atoms with van der Waals surface area (Å²) in [5, 5.41) is 2.53. The number of halogens is 1. The number of hydrogen-bond donors (Lipinski definition) is 1. The second-order valence-electron chi connectivity index (χ2n) is 4.13. The van der Waals surface area contributed by atoms with Gasteiger partial charge in [0.25, 0.3) is 5.91 Å². The van der Waals surface area contributed by atoms with Crippen LogP contribution < -0.4 is 5.32 Å². The molecule has 1 aromatic rings. The molecule has 4 nitrogen and oxygen atoms in total. The molecule has 0 spiro atoms. The van der Waals surface area contributed by atoms with Crippen LogP contribution in [0.5, 0.6) is 0 Å². The third-order valence-electron chi connectivity index (χ3n) is 2.65. The number of hydrogen-bond acceptors (Lipinski definition) is 2. The molecule has 1 N–H and O–H groups in total. The van der Waals surface area contributed by atoms with Gasteiger partial charge in [0.1, 0.15) is 0 Å². The molecule has 0 heterocycles. The first kappa shape index (κ1) is 14.7. The zero-order valence-corrected chi connectivity index (χ0v) is 12.4. The molecule has 0 aliphatic rings. The molecule has 0 bridgehead atoms. The molecule has 18 heavy (non-hydrogen) atoms. The van der Waals surface area contributed by atoms with Crippen molar-refractivity contribution in [2.75, 3.05) is 20.6 Å². The van der Waals surface area contributed by atoms with Gasteiger partial charge in [-0.15, -0.1) is 0 Å².